The van der Waals surface area contributed by atoms with E-state index in [-0.39, 0.29) is 6.10 Å². The first kappa shape index (κ1) is 16.4. The molecule has 1 aliphatic heterocycles. The van der Waals surface area contributed by atoms with Gasteiger partial charge in [0.05, 0.1) is 11.4 Å². The van der Waals surface area contributed by atoms with Crippen LogP contribution in [0.4, 0.5) is 0 Å². The molecule has 2 aromatic carbocycles. The third-order valence-electron chi connectivity index (χ3n) is 4.29. The normalized spacial score (nSPS) is 20.1. The quantitative estimate of drug-likeness (QED) is 0.641. The van der Waals surface area contributed by atoms with Crippen molar-refractivity contribution in [2.45, 2.75) is 25.2 Å². The number of aromatic nitrogens is 2. The summed E-state index contributed by atoms with van der Waals surface area (Å²) in [7, 11) is 0. The van der Waals surface area contributed by atoms with Crippen molar-refractivity contribution in [1.82, 2.24) is 5.27 Å². The minimum atomic E-state index is -0.757. The van der Waals surface area contributed by atoms with Gasteiger partial charge in [-0.3, -0.25) is 0 Å². The van der Waals surface area contributed by atoms with Gasteiger partial charge >= 0.3 is 0 Å². The molecular weight excluding hydrogens is 363 g/mol. The van der Waals surface area contributed by atoms with E-state index in [2.05, 4.69) is 5.27 Å². The summed E-state index contributed by atoms with van der Waals surface area (Å²) in [5.74, 6) is -0.547. The van der Waals surface area contributed by atoms with Crippen molar-refractivity contribution in [2.75, 3.05) is 0 Å². The second-order valence-corrected chi connectivity index (χ2v) is 6.62. The summed E-state index contributed by atoms with van der Waals surface area (Å²) >= 11 is 12.7. The lowest BCUT2D eigenvalue weighted by atomic mass is 10.0. The van der Waals surface area contributed by atoms with Gasteiger partial charge in [0.2, 0.25) is 0 Å². The maximum absolute atomic E-state index is 12.2. The highest BCUT2D eigenvalue weighted by molar-refractivity contribution is 6.36. The molecule has 3 aromatic rings. The van der Waals surface area contributed by atoms with Gasteiger partial charge in [-0.05, 0) is 17.7 Å². The molecule has 128 valence electrons. The average Bonchev–Trinajstić information content (AvgIpc) is 2.87. The lowest BCUT2D eigenvalue weighted by molar-refractivity contribution is -0.768. The van der Waals surface area contributed by atoms with E-state index in [1.54, 1.807) is 18.2 Å². The molecule has 4 rings (SSSR count). The van der Waals surface area contributed by atoms with Gasteiger partial charge in [0.25, 0.3) is 5.69 Å². The molecule has 0 aliphatic carbocycles. The molecular formula is C18H14Cl2N2O3. The molecule has 0 N–H and O–H groups in total. The Morgan fingerprint density at radius 3 is 2.48 bits per heavy atom. The van der Waals surface area contributed by atoms with Crippen LogP contribution in [0.1, 0.15) is 35.4 Å². The number of hydrogen-bond donors (Lipinski definition) is 0. The van der Waals surface area contributed by atoms with Crippen LogP contribution in [0, 0.1) is 0 Å². The summed E-state index contributed by atoms with van der Waals surface area (Å²) in [5, 5.41) is 17.0. The Labute approximate surface area is 154 Å². The largest absolute Gasteiger partial charge is 0.539 e. The van der Waals surface area contributed by atoms with Crippen LogP contribution in [-0.2, 0) is 11.3 Å². The van der Waals surface area contributed by atoms with E-state index < -0.39 is 12.1 Å². The van der Waals surface area contributed by atoms with Crippen LogP contribution in [0.25, 0.3) is 0 Å². The van der Waals surface area contributed by atoms with E-state index in [0.29, 0.717) is 34.3 Å². The molecule has 2 heterocycles. The lowest BCUT2D eigenvalue weighted by Crippen LogP contribution is -2.39. The second-order valence-electron chi connectivity index (χ2n) is 5.81. The first-order valence-corrected chi connectivity index (χ1v) is 8.61. The van der Waals surface area contributed by atoms with Gasteiger partial charge in [-0.15, -0.1) is 0 Å². The molecule has 7 heteroatoms. The fourth-order valence-corrected chi connectivity index (χ4v) is 3.70. The van der Waals surface area contributed by atoms with Crippen molar-refractivity contribution >= 4 is 23.2 Å². The summed E-state index contributed by atoms with van der Waals surface area (Å²) in [6.07, 6.45) is -0.334. The molecule has 0 amide bonds. The molecule has 25 heavy (non-hydrogen) atoms. The van der Waals surface area contributed by atoms with E-state index >= 15 is 0 Å². The summed E-state index contributed by atoms with van der Waals surface area (Å²) in [4.78, 5) is 0. The Kier molecular flexibility index (Phi) is 4.37. The fraction of sp³-hybridized carbons (Fsp3) is 0.222. The molecule has 0 saturated heterocycles. The van der Waals surface area contributed by atoms with Crippen molar-refractivity contribution in [3.05, 3.63) is 75.4 Å². The maximum atomic E-state index is 12.2. The molecule has 1 aliphatic rings. The minimum absolute atomic E-state index is 0.223. The van der Waals surface area contributed by atoms with Crippen LogP contribution < -0.4 is 9.79 Å². The lowest BCUT2D eigenvalue weighted by Gasteiger charge is -2.22. The number of benzene rings is 2. The van der Waals surface area contributed by atoms with Crippen LogP contribution in [0.3, 0.4) is 0 Å². The van der Waals surface area contributed by atoms with Gasteiger partial charge in [-0.25, -0.2) is 0 Å². The van der Waals surface area contributed by atoms with Gasteiger partial charge in [-0.1, -0.05) is 64.3 Å². The average molecular weight is 377 g/mol. The Morgan fingerprint density at radius 2 is 1.76 bits per heavy atom. The third kappa shape index (κ3) is 2.99. The summed E-state index contributed by atoms with van der Waals surface area (Å²) in [6.45, 7) is 0.499. The van der Waals surface area contributed by atoms with Crippen molar-refractivity contribution in [2.24, 2.45) is 0 Å². The zero-order valence-electron chi connectivity index (χ0n) is 13.1. The first-order valence-electron chi connectivity index (χ1n) is 7.86. The zero-order chi connectivity index (χ0) is 17.4. The van der Waals surface area contributed by atoms with Crippen LogP contribution in [-0.4, -0.2) is 5.27 Å². The predicted molar refractivity (Wildman–Crippen MR) is 89.3 cm³/mol. The first-order chi connectivity index (χ1) is 12.1. The minimum Gasteiger partial charge on any atom is -0.539 e. The maximum Gasteiger partial charge on any atom is 0.266 e. The van der Waals surface area contributed by atoms with Crippen LogP contribution in [0.2, 0.25) is 10.0 Å². The standard InChI is InChI=1S/C18H14Cl2N2O3/c19-12-7-4-8-13(20)15(12)17-16-18(23)25-21-22(16)10-9-14(24-17)11-5-2-1-3-6-11/h1-8,14,17H,9-10H2/t14-,17-/m0/s1. The van der Waals surface area contributed by atoms with Gasteiger partial charge < -0.3 is 14.4 Å². The van der Waals surface area contributed by atoms with Crippen LogP contribution >= 0.6 is 23.2 Å². The topological polar surface area (TPSA) is 62.2 Å². The summed E-state index contributed by atoms with van der Waals surface area (Å²) in [6, 6.07) is 15.0. The Morgan fingerprint density at radius 1 is 1.04 bits per heavy atom. The summed E-state index contributed by atoms with van der Waals surface area (Å²) in [5.41, 5.74) is 1.86. The summed E-state index contributed by atoms with van der Waals surface area (Å²) < 4.78 is 12.7. The van der Waals surface area contributed by atoms with Crippen LogP contribution in [0.15, 0.2) is 53.1 Å². The van der Waals surface area contributed by atoms with E-state index in [4.69, 9.17) is 32.5 Å². The van der Waals surface area contributed by atoms with Crippen molar-refractivity contribution in [3.8, 4) is 5.95 Å². The van der Waals surface area contributed by atoms with E-state index in [9.17, 15) is 5.11 Å². The number of hydrogen-bond acceptors (Lipinski definition) is 4. The van der Waals surface area contributed by atoms with Crippen molar-refractivity contribution < 1.29 is 19.0 Å². The smallest absolute Gasteiger partial charge is 0.266 e. The SMILES string of the molecule is [O-]c1on[n+]2c1[C@H](c1c(Cl)cccc1Cl)O[C@H](c1ccccc1)CC2. The Bertz CT molecular complexity index is 878. The highest BCUT2D eigenvalue weighted by atomic mass is 35.5. The van der Waals surface area contributed by atoms with Gasteiger partial charge in [0.15, 0.2) is 18.6 Å². The highest BCUT2D eigenvalue weighted by Gasteiger charge is 2.38. The van der Waals surface area contributed by atoms with E-state index in [0.717, 1.165) is 5.56 Å². The Balaban J connectivity index is 1.84. The zero-order valence-corrected chi connectivity index (χ0v) is 14.6. The molecule has 0 bridgehead atoms. The molecule has 5 nitrogen and oxygen atoms in total. The number of ether oxygens (including phenoxy) is 1. The monoisotopic (exact) mass is 376 g/mol. The van der Waals surface area contributed by atoms with Gasteiger partial charge in [0.1, 0.15) is 0 Å². The van der Waals surface area contributed by atoms with Crippen molar-refractivity contribution in [1.29, 1.82) is 0 Å². The predicted octanol–water partition coefficient (Wildman–Crippen LogP) is 3.59. The van der Waals surface area contributed by atoms with Gasteiger partial charge in [0, 0.05) is 22.0 Å². The van der Waals surface area contributed by atoms with E-state index in [1.807, 2.05) is 30.3 Å². The Hall–Kier alpha value is -2.08. The number of fused-ring (bicyclic) bond motifs is 1. The van der Waals surface area contributed by atoms with Gasteiger partial charge in [-0.2, -0.15) is 0 Å². The van der Waals surface area contributed by atoms with Crippen molar-refractivity contribution in [3.63, 3.8) is 0 Å². The fourth-order valence-electron chi connectivity index (χ4n) is 3.10. The number of rotatable bonds is 2. The number of aryl methyl sites for hydroxylation is 1. The molecule has 0 unspecified atom stereocenters. The molecule has 0 saturated carbocycles. The second kappa shape index (κ2) is 6.67. The third-order valence-corrected chi connectivity index (χ3v) is 4.95. The molecule has 0 radical (unpaired) electrons. The molecule has 1 aromatic heterocycles. The molecule has 2 atom stereocenters. The highest BCUT2D eigenvalue weighted by Crippen LogP contribution is 2.42. The molecule has 0 spiro atoms. The van der Waals surface area contributed by atoms with E-state index in [1.165, 1.54) is 4.68 Å². The number of nitrogens with zero attached hydrogens (tertiary/aromatic N) is 2. The molecule has 0 fully saturated rings. The number of halogens is 2. The van der Waals surface area contributed by atoms with Crippen LogP contribution in [0.5, 0.6) is 5.95 Å².